The van der Waals surface area contributed by atoms with Gasteiger partial charge in [0.05, 0.1) is 6.61 Å². The lowest BCUT2D eigenvalue weighted by molar-refractivity contribution is 0.110. The second-order valence-electron chi connectivity index (χ2n) is 7.73. The summed E-state index contributed by atoms with van der Waals surface area (Å²) >= 11 is 0. The van der Waals surface area contributed by atoms with Crippen LogP contribution in [0, 0.1) is 6.92 Å². The van der Waals surface area contributed by atoms with E-state index in [9.17, 15) is 5.11 Å². The molecule has 8 nitrogen and oxygen atoms in total. The van der Waals surface area contributed by atoms with Gasteiger partial charge in [-0.25, -0.2) is 0 Å². The van der Waals surface area contributed by atoms with Crippen LogP contribution in [0.3, 0.4) is 0 Å². The van der Waals surface area contributed by atoms with Crippen molar-refractivity contribution >= 4 is 21.8 Å². The summed E-state index contributed by atoms with van der Waals surface area (Å²) in [6, 6.07) is 4.33. The first-order valence-electron chi connectivity index (χ1n) is 9.46. The topological polar surface area (TPSA) is 133 Å². The second kappa shape index (κ2) is 10.4. The van der Waals surface area contributed by atoms with Gasteiger partial charge in [-0.05, 0) is 63.3 Å². The molecule has 0 saturated carbocycles. The maximum Gasteiger partial charge on any atom is 0.394 e. The van der Waals surface area contributed by atoms with Crippen molar-refractivity contribution in [1.29, 1.82) is 0 Å². The zero-order chi connectivity index (χ0) is 21.5. The largest absolute Gasteiger partial charge is 0.399 e. The van der Waals surface area contributed by atoms with Crippen LogP contribution in [0.15, 0.2) is 12.1 Å². The molecule has 0 radical (unpaired) electrons. The molecule has 1 aliphatic heterocycles. The van der Waals surface area contributed by atoms with E-state index in [0.717, 1.165) is 50.3 Å². The van der Waals surface area contributed by atoms with Gasteiger partial charge in [-0.3, -0.25) is 9.11 Å². The van der Waals surface area contributed by atoms with Crippen molar-refractivity contribution in [1.82, 2.24) is 0 Å². The van der Waals surface area contributed by atoms with Crippen LogP contribution in [-0.2, 0) is 15.1 Å². The molecule has 0 amide bonds. The minimum atomic E-state index is -4.67. The van der Waals surface area contributed by atoms with Crippen molar-refractivity contribution in [2.24, 2.45) is 0 Å². The standard InChI is InChI=1S/C19H32N2O2.H2O4S.H2/c1-5-9-23-13-15-12-19(3,4)21(7-6-8-22)18-10-14(2)17(20)11-16(15)18;1-5(2,3)4;/h10-11,15,22H,5-9,12-13,20H2,1-4H3;(H2,1,2,3,4);1H. The zero-order valence-corrected chi connectivity index (χ0v) is 18.0. The fourth-order valence-corrected chi connectivity index (χ4v) is 3.61. The number of aliphatic hydroxyl groups excluding tert-OH is 1. The van der Waals surface area contributed by atoms with E-state index in [1.807, 2.05) is 0 Å². The normalized spacial score (nSPS) is 18.2. The van der Waals surface area contributed by atoms with Crippen molar-refractivity contribution in [3.63, 3.8) is 0 Å². The quantitative estimate of drug-likeness (QED) is 0.300. The van der Waals surface area contributed by atoms with E-state index >= 15 is 0 Å². The van der Waals surface area contributed by atoms with E-state index in [-0.39, 0.29) is 13.6 Å². The van der Waals surface area contributed by atoms with Gasteiger partial charge in [-0.1, -0.05) is 6.92 Å². The van der Waals surface area contributed by atoms with E-state index in [1.54, 1.807) is 0 Å². The van der Waals surface area contributed by atoms with Gasteiger partial charge in [0.25, 0.3) is 0 Å². The number of anilines is 2. The second-order valence-corrected chi connectivity index (χ2v) is 8.63. The minimum Gasteiger partial charge on any atom is -0.399 e. The molecule has 1 atom stereocenters. The van der Waals surface area contributed by atoms with Crippen molar-refractivity contribution < 1.29 is 28.8 Å². The number of fused-ring (bicyclic) bond motifs is 1. The molecule has 1 unspecified atom stereocenters. The summed E-state index contributed by atoms with van der Waals surface area (Å²) < 4.78 is 37.4. The summed E-state index contributed by atoms with van der Waals surface area (Å²) in [7, 11) is -4.67. The van der Waals surface area contributed by atoms with Gasteiger partial charge in [0.15, 0.2) is 0 Å². The molecule has 2 rings (SSSR count). The lowest BCUT2D eigenvalue weighted by atomic mass is 9.78. The van der Waals surface area contributed by atoms with Gasteiger partial charge in [-0.2, -0.15) is 8.42 Å². The molecule has 1 heterocycles. The zero-order valence-electron chi connectivity index (χ0n) is 17.2. The number of nitrogens with zero attached hydrogens (tertiary/aromatic N) is 1. The number of nitrogens with two attached hydrogens (primary N) is 1. The summed E-state index contributed by atoms with van der Waals surface area (Å²) in [5.74, 6) is 0.375. The molecule has 1 aromatic rings. The first-order chi connectivity index (χ1) is 12.9. The Morgan fingerprint density at radius 2 is 1.96 bits per heavy atom. The fourth-order valence-electron chi connectivity index (χ4n) is 3.61. The summed E-state index contributed by atoms with van der Waals surface area (Å²) in [6.45, 7) is 11.4. The van der Waals surface area contributed by atoms with Crippen LogP contribution in [0.1, 0.15) is 58.5 Å². The highest BCUT2D eigenvalue weighted by atomic mass is 32.3. The molecule has 0 saturated heterocycles. The number of aryl methyl sites for hydroxylation is 1. The first-order valence-corrected chi connectivity index (χ1v) is 10.9. The van der Waals surface area contributed by atoms with Gasteiger partial charge in [0, 0.05) is 44.0 Å². The number of hydrogen-bond donors (Lipinski definition) is 4. The third-order valence-electron chi connectivity index (χ3n) is 4.83. The Morgan fingerprint density at radius 1 is 1.36 bits per heavy atom. The number of benzene rings is 1. The molecule has 28 heavy (non-hydrogen) atoms. The maximum absolute atomic E-state index is 9.24. The Labute approximate surface area is 169 Å². The molecule has 5 N–H and O–H groups in total. The minimum absolute atomic E-state index is 0. The molecule has 0 aliphatic carbocycles. The Bertz CT molecular complexity index is 734. The van der Waals surface area contributed by atoms with Gasteiger partial charge >= 0.3 is 10.4 Å². The van der Waals surface area contributed by atoms with Crippen molar-refractivity contribution in [2.45, 2.75) is 58.4 Å². The number of ether oxygens (including phenoxy) is 1. The van der Waals surface area contributed by atoms with Crippen LogP contribution >= 0.6 is 0 Å². The summed E-state index contributed by atoms with van der Waals surface area (Å²) in [4.78, 5) is 2.43. The Kier molecular flexibility index (Phi) is 9.16. The predicted octanol–water partition coefficient (Wildman–Crippen LogP) is 3.05. The molecular weight excluding hydrogens is 384 g/mol. The van der Waals surface area contributed by atoms with Crippen LogP contribution in [0.4, 0.5) is 11.4 Å². The van der Waals surface area contributed by atoms with Gasteiger partial charge in [-0.15, -0.1) is 0 Å². The highest BCUT2D eigenvalue weighted by molar-refractivity contribution is 7.79. The fraction of sp³-hybridized carbons (Fsp3) is 0.684. The van der Waals surface area contributed by atoms with Crippen LogP contribution in [-0.4, -0.2) is 54.5 Å². The average Bonchev–Trinajstić information content (AvgIpc) is 2.54. The number of nitrogen functional groups attached to an aromatic ring is 1. The Balaban J connectivity index is 0.00000117. The van der Waals surface area contributed by atoms with E-state index in [4.69, 9.17) is 28.0 Å². The third kappa shape index (κ3) is 7.56. The predicted molar refractivity (Wildman–Crippen MR) is 113 cm³/mol. The van der Waals surface area contributed by atoms with Crippen LogP contribution in [0.5, 0.6) is 0 Å². The van der Waals surface area contributed by atoms with Crippen LogP contribution in [0.25, 0.3) is 0 Å². The van der Waals surface area contributed by atoms with Crippen LogP contribution < -0.4 is 10.6 Å². The molecule has 0 aromatic heterocycles. The SMILES string of the molecule is CCCOCC1CC(C)(C)N(CCCO)c2cc(C)c(N)cc21.O=S(=O)(O)O.[HH]. The number of hydrogen-bond acceptors (Lipinski definition) is 6. The van der Waals surface area contributed by atoms with E-state index in [0.29, 0.717) is 5.92 Å². The molecule has 9 heteroatoms. The van der Waals surface area contributed by atoms with E-state index in [2.05, 4.69) is 44.7 Å². The van der Waals surface area contributed by atoms with E-state index < -0.39 is 10.4 Å². The molecular formula is C19H36N2O6S. The smallest absolute Gasteiger partial charge is 0.394 e. The lowest BCUT2D eigenvalue weighted by Gasteiger charge is -2.48. The Hall–Kier alpha value is -1.39. The average molecular weight is 421 g/mol. The third-order valence-corrected chi connectivity index (χ3v) is 4.83. The monoisotopic (exact) mass is 420 g/mol. The van der Waals surface area contributed by atoms with Gasteiger partial charge in [0.2, 0.25) is 0 Å². The maximum atomic E-state index is 9.24. The van der Waals surface area contributed by atoms with Crippen molar-refractivity contribution in [2.75, 3.05) is 37.0 Å². The first kappa shape index (κ1) is 24.6. The molecule has 1 aliphatic rings. The van der Waals surface area contributed by atoms with E-state index in [1.165, 1.54) is 11.3 Å². The summed E-state index contributed by atoms with van der Waals surface area (Å²) in [5, 5.41) is 9.24. The summed E-state index contributed by atoms with van der Waals surface area (Å²) in [5.41, 5.74) is 10.7. The highest BCUT2D eigenvalue weighted by Gasteiger charge is 2.38. The number of rotatable bonds is 7. The van der Waals surface area contributed by atoms with Crippen LogP contribution in [0.2, 0.25) is 0 Å². The van der Waals surface area contributed by atoms with Gasteiger partial charge in [0.1, 0.15) is 0 Å². The molecule has 0 spiro atoms. The Morgan fingerprint density at radius 3 is 2.50 bits per heavy atom. The molecule has 0 fully saturated rings. The highest BCUT2D eigenvalue weighted by Crippen LogP contribution is 2.45. The number of aliphatic hydroxyl groups is 1. The van der Waals surface area contributed by atoms with Crippen molar-refractivity contribution in [3.05, 3.63) is 23.3 Å². The molecule has 164 valence electrons. The van der Waals surface area contributed by atoms with Crippen molar-refractivity contribution in [3.8, 4) is 0 Å². The lowest BCUT2D eigenvalue weighted by Crippen LogP contribution is -2.50. The van der Waals surface area contributed by atoms with Gasteiger partial charge < -0.3 is 20.5 Å². The molecule has 1 aromatic carbocycles. The molecule has 0 bridgehead atoms. The summed E-state index contributed by atoms with van der Waals surface area (Å²) in [6.07, 6.45) is 2.86.